The van der Waals surface area contributed by atoms with Gasteiger partial charge in [-0.3, -0.25) is 9.69 Å². The third-order valence-electron chi connectivity index (χ3n) is 2.56. The van der Waals surface area contributed by atoms with E-state index in [1.807, 2.05) is 4.90 Å². The lowest BCUT2D eigenvalue weighted by Crippen LogP contribution is -2.35. The number of likely N-dealkylation sites (tertiary alicyclic amines) is 1. The second-order valence-electron chi connectivity index (χ2n) is 3.70. The van der Waals surface area contributed by atoms with Gasteiger partial charge in [0.2, 0.25) is 5.89 Å². The molecule has 0 saturated carbocycles. The van der Waals surface area contributed by atoms with Crippen LogP contribution in [-0.4, -0.2) is 38.7 Å². The minimum absolute atomic E-state index is 0.399. The number of nitrogens with zero attached hydrogens (tertiary/aromatic N) is 3. The minimum atomic E-state index is -0.771. The van der Waals surface area contributed by atoms with Crippen molar-refractivity contribution >= 4 is 5.97 Å². The van der Waals surface area contributed by atoms with Gasteiger partial charge in [0.05, 0.1) is 6.54 Å². The highest BCUT2D eigenvalue weighted by molar-refractivity contribution is 5.73. The molecule has 1 aliphatic rings. The molecule has 2 rings (SSSR count). The SMILES string of the molecule is Cc1nc(CN2CCC[C@@H]2C(=O)O)no1. The van der Waals surface area contributed by atoms with Crippen LogP contribution < -0.4 is 0 Å². The molecule has 0 unspecified atom stereocenters. The number of aromatic nitrogens is 2. The van der Waals surface area contributed by atoms with Gasteiger partial charge < -0.3 is 9.63 Å². The second kappa shape index (κ2) is 3.98. The number of carboxylic acid groups (broad SMARTS) is 1. The molecule has 0 bridgehead atoms. The van der Waals surface area contributed by atoms with Crippen LogP contribution in [0.1, 0.15) is 24.6 Å². The molecule has 0 aromatic carbocycles. The van der Waals surface area contributed by atoms with Crippen LogP contribution in [0.25, 0.3) is 0 Å². The minimum Gasteiger partial charge on any atom is -0.480 e. The number of aryl methyl sites for hydroxylation is 1. The van der Waals surface area contributed by atoms with Gasteiger partial charge in [0.1, 0.15) is 6.04 Å². The molecule has 0 spiro atoms. The van der Waals surface area contributed by atoms with Crippen LogP contribution in [0.4, 0.5) is 0 Å². The Bertz CT molecular complexity index is 363. The first kappa shape index (κ1) is 10.1. The maximum absolute atomic E-state index is 10.9. The summed E-state index contributed by atoms with van der Waals surface area (Å²) < 4.78 is 4.84. The average Bonchev–Trinajstić information content (AvgIpc) is 2.75. The van der Waals surface area contributed by atoms with Crippen molar-refractivity contribution in [2.75, 3.05) is 6.54 Å². The van der Waals surface area contributed by atoms with Gasteiger partial charge in [-0.2, -0.15) is 4.98 Å². The number of hydrogen-bond donors (Lipinski definition) is 1. The summed E-state index contributed by atoms with van der Waals surface area (Å²) in [6.45, 7) is 2.95. The highest BCUT2D eigenvalue weighted by Gasteiger charge is 2.31. The van der Waals surface area contributed by atoms with Crippen LogP contribution in [0.3, 0.4) is 0 Å². The molecule has 2 heterocycles. The largest absolute Gasteiger partial charge is 0.480 e. The lowest BCUT2D eigenvalue weighted by Gasteiger charge is -2.18. The van der Waals surface area contributed by atoms with Crippen molar-refractivity contribution in [1.29, 1.82) is 0 Å². The Labute approximate surface area is 86.9 Å². The zero-order valence-corrected chi connectivity index (χ0v) is 8.51. The van der Waals surface area contributed by atoms with Gasteiger partial charge >= 0.3 is 5.97 Å². The van der Waals surface area contributed by atoms with Crippen molar-refractivity contribution in [2.24, 2.45) is 0 Å². The summed E-state index contributed by atoms with van der Waals surface area (Å²) in [5.41, 5.74) is 0. The van der Waals surface area contributed by atoms with E-state index in [1.165, 1.54) is 0 Å². The fourth-order valence-corrected chi connectivity index (χ4v) is 1.88. The number of rotatable bonds is 3. The van der Waals surface area contributed by atoms with Gasteiger partial charge in [-0.1, -0.05) is 5.16 Å². The first-order valence-corrected chi connectivity index (χ1v) is 4.93. The Hall–Kier alpha value is -1.43. The first-order chi connectivity index (χ1) is 7.16. The van der Waals surface area contributed by atoms with Crippen LogP contribution in [0.15, 0.2) is 4.52 Å². The van der Waals surface area contributed by atoms with Crippen molar-refractivity contribution in [3.63, 3.8) is 0 Å². The lowest BCUT2D eigenvalue weighted by molar-refractivity contribution is -0.142. The molecule has 1 aliphatic heterocycles. The van der Waals surface area contributed by atoms with Gasteiger partial charge in [0.25, 0.3) is 0 Å². The van der Waals surface area contributed by atoms with Crippen LogP contribution in [0.5, 0.6) is 0 Å². The molecule has 82 valence electrons. The predicted octanol–water partition coefficient (Wildman–Crippen LogP) is 0.427. The highest BCUT2D eigenvalue weighted by atomic mass is 16.5. The van der Waals surface area contributed by atoms with Crippen molar-refractivity contribution in [3.8, 4) is 0 Å². The van der Waals surface area contributed by atoms with Gasteiger partial charge in [-0.15, -0.1) is 0 Å². The van der Waals surface area contributed by atoms with Gasteiger partial charge in [-0.05, 0) is 19.4 Å². The van der Waals surface area contributed by atoms with E-state index in [1.54, 1.807) is 6.92 Å². The summed E-state index contributed by atoms with van der Waals surface area (Å²) in [5, 5.41) is 12.7. The molecule has 1 aromatic heterocycles. The standard InChI is InChI=1S/C9H13N3O3/c1-6-10-8(11-15-6)5-12-4-2-3-7(12)9(13)14/h7H,2-5H2,1H3,(H,13,14)/t7-/m1/s1. The van der Waals surface area contributed by atoms with E-state index in [-0.39, 0.29) is 0 Å². The number of hydrogen-bond acceptors (Lipinski definition) is 5. The fourth-order valence-electron chi connectivity index (χ4n) is 1.88. The van der Waals surface area contributed by atoms with E-state index in [2.05, 4.69) is 10.1 Å². The van der Waals surface area contributed by atoms with Gasteiger partial charge in [0.15, 0.2) is 5.82 Å². The third-order valence-corrected chi connectivity index (χ3v) is 2.56. The topological polar surface area (TPSA) is 79.5 Å². The molecule has 15 heavy (non-hydrogen) atoms. The van der Waals surface area contributed by atoms with E-state index >= 15 is 0 Å². The molecule has 1 aromatic rings. The second-order valence-corrected chi connectivity index (χ2v) is 3.70. The third kappa shape index (κ3) is 2.15. The molecule has 0 radical (unpaired) electrons. The maximum Gasteiger partial charge on any atom is 0.320 e. The average molecular weight is 211 g/mol. The monoisotopic (exact) mass is 211 g/mol. The van der Waals surface area contributed by atoms with Crippen molar-refractivity contribution in [1.82, 2.24) is 15.0 Å². The molecular formula is C9H13N3O3. The Balaban J connectivity index is 2.02. The van der Waals surface area contributed by atoms with Crippen LogP contribution in [-0.2, 0) is 11.3 Å². The van der Waals surface area contributed by atoms with E-state index in [4.69, 9.17) is 9.63 Å². The lowest BCUT2D eigenvalue weighted by atomic mass is 10.2. The zero-order chi connectivity index (χ0) is 10.8. The summed E-state index contributed by atoms with van der Waals surface area (Å²) in [4.78, 5) is 16.8. The Morgan fingerprint density at radius 1 is 1.73 bits per heavy atom. The van der Waals surface area contributed by atoms with Crippen LogP contribution >= 0.6 is 0 Å². The van der Waals surface area contributed by atoms with Crippen LogP contribution in [0, 0.1) is 6.92 Å². The molecular weight excluding hydrogens is 198 g/mol. The molecule has 0 aliphatic carbocycles. The van der Waals surface area contributed by atoms with E-state index in [9.17, 15) is 4.79 Å². The van der Waals surface area contributed by atoms with E-state index in [0.29, 0.717) is 24.7 Å². The first-order valence-electron chi connectivity index (χ1n) is 4.93. The fraction of sp³-hybridized carbons (Fsp3) is 0.667. The summed E-state index contributed by atoms with van der Waals surface area (Å²) in [5.74, 6) is 0.296. The zero-order valence-electron chi connectivity index (χ0n) is 8.51. The normalized spacial score (nSPS) is 22.1. The van der Waals surface area contributed by atoms with Crippen molar-refractivity contribution < 1.29 is 14.4 Å². The van der Waals surface area contributed by atoms with Gasteiger partial charge in [-0.25, -0.2) is 0 Å². The highest BCUT2D eigenvalue weighted by Crippen LogP contribution is 2.19. The summed E-state index contributed by atoms with van der Waals surface area (Å²) >= 11 is 0. The maximum atomic E-state index is 10.9. The number of aliphatic carboxylic acids is 1. The number of carboxylic acids is 1. The Morgan fingerprint density at radius 3 is 3.13 bits per heavy atom. The summed E-state index contributed by atoms with van der Waals surface area (Å²) in [7, 11) is 0. The summed E-state index contributed by atoms with van der Waals surface area (Å²) in [6, 6.07) is -0.399. The van der Waals surface area contributed by atoms with Crippen molar-refractivity contribution in [2.45, 2.75) is 32.4 Å². The smallest absolute Gasteiger partial charge is 0.320 e. The predicted molar refractivity (Wildman–Crippen MR) is 50.1 cm³/mol. The Morgan fingerprint density at radius 2 is 2.53 bits per heavy atom. The Kier molecular flexibility index (Phi) is 2.68. The van der Waals surface area contributed by atoms with E-state index in [0.717, 1.165) is 13.0 Å². The quantitative estimate of drug-likeness (QED) is 0.780. The molecule has 1 saturated heterocycles. The molecule has 1 atom stereocenters. The molecule has 6 heteroatoms. The van der Waals surface area contributed by atoms with E-state index < -0.39 is 12.0 Å². The molecule has 6 nitrogen and oxygen atoms in total. The van der Waals surface area contributed by atoms with Crippen molar-refractivity contribution in [3.05, 3.63) is 11.7 Å². The van der Waals surface area contributed by atoms with Gasteiger partial charge in [0, 0.05) is 6.92 Å². The molecule has 1 N–H and O–H groups in total. The van der Waals surface area contributed by atoms with Crippen LogP contribution in [0.2, 0.25) is 0 Å². The molecule has 0 amide bonds. The number of carbonyl (C=O) groups is 1. The summed E-state index contributed by atoms with van der Waals surface area (Å²) in [6.07, 6.45) is 1.61. The molecule has 1 fully saturated rings.